The van der Waals surface area contributed by atoms with E-state index in [1.807, 2.05) is 17.7 Å². The molecule has 102 valence electrons. The van der Waals surface area contributed by atoms with Crippen molar-refractivity contribution >= 4 is 11.8 Å². The fourth-order valence-electron chi connectivity index (χ4n) is 1.85. The van der Waals surface area contributed by atoms with Crippen molar-refractivity contribution in [2.75, 3.05) is 12.4 Å². The van der Waals surface area contributed by atoms with Gasteiger partial charge in [-0.2, -0.15) is 0 Å². The molecule has 1 N–H and O–H groups in total. The lowest BCUT2D eigenvalue weighted by Crippen LogP contribution is -1.96. The number of aliphatic hydroxyl groups is 1. The molecule has 1 heterocycles. The van der Waals surface area contributed by atoms with Gasteiger partial charge in [0.25, 0.3) is 0 Å². The lowest BCUT2D eigenvalue weighted by molar-refractivity contribution is 0.287. The Balaban J connectivity index is 2.10. The van der Waals surface area contributed by atoms with Gasteiger partial charge in [-0.25, -0.2) is 0 Å². The highest BCUT2D eigenvalue weighted by atomic mass is 32.2. The number of hydrogen-bond donors (Lipinski definition) is 1. The molecule has 1 aromatic heterocycles. The van der Waals surface area contributed by atoms with Crippen LogP contribution in [0.25, 0.3) is 11.4 Å². The topological polar surface area (TPSA) is 50.9 Å². The van der Waals surface area contributed by atoms with Crippen molar-refractivity contribution in [3.8, 4) is 11.4 Å². The van der Waals surface area contributed by atoms with Gasteiger partial charge in [0.1, 0.15) is 0 Å². The molecule has 19 heavy (non-hydrogen) atoms. The van der Waals surface area contributed by atoms with Gasteiger partial charge < -0.3 is 9.67 Å². The van der Waals surface area contributed by atoms with E-state index in [2.05, 4.69) is 35.3 Å². The normalized spacial score (nSPS) is 10.9. The molecule has 5 heteroatoms. The Morgan fingerprint density at radius 1 is 1.26 bits per heavy atom. The molecule has 4 nitrogen and oxygen atoms in total. The molecule has 2 aromatic rings. The van der Waals surface area contributed by atoms with Crippen molar-refractivity contribution in [3.63, 3.8) is 0 Å². The summed E-state index contributed by atoms with van der Waals surface area (Å²) in [6.07, 6.45) is 1.84. The largest absolute Gasteiger partial charge is 0.396 e. The van der Waals surface area contributed by atoms with E-state index in [0.717, 1.165) is 35.1 Å². The Bertz CT molecular complexity index is 539. The summed E-state index contributed by atoms with van der Waals surface area (Å²) >= 11 is 1.68. The molecule has 0 saturated heterocycles. The van der Waals surface area contributed by atoms with Gasteiger partial charge in [0.2, 0.25) is 0 Å². The quantitative estimate of drug-likeness (QED) is 0.651. The predicted octanol–water partition coefficient (Wildman–Crippen LogP) is 2.66. The number of nitrogens with zero attached hydrogens (tertiary/aromatic N) is 3. The van der Waals surface area contributed by atoms with Crippen LogP contribution in [0.3, 0.4) is 0 Å². The number of hydrogen-bond acceptors (Lipinski definition) is 4. The zero-order valence-corrected chi connectivity index (χ0v) is 12.2. The summed E-state index contributed by atoms with van der Waals surface area (Å²) in [5, 5.41) is 18.2. The lowest BCUT2D eigenvalue weighted by Gasteiger charge is -2.04. The minimum atomic E-state index is 0.258. The molecule has 0 radical (unpaired) electrons. The Morgan fingerprint density at radius 2 is 2.11 bits per heavy atom. The third-order valence-corrected chi connectivity index (χ3v) is 4.00. The molecule has 0 aliphatic carbocycles. The summed E-state index contributed by atoms with van der Waals surface area (Å²) < 4.78 is 2.03. The lowest BCUT2D eigenvalue weighted by atomic mass is 10.1. The molecule has 1 aromatic carbocycles. The highest BCUT2D eigenvalue weighted by molar-refractivity contribution is 7.99. The molecule has 0 fully saturated rings. The van der Waals surface area contributed by atoms with Crippen LogP contribution in [0.2, 0.25) is 0 Å². The first kappa shape index (κ1) is 14.1. The Kier molecular flexibility index (Phi) is 4.99. The fraction of sp³-hybridized carbons (Fsp3) is 0.429. The minimum Gasteiger partial charge on any atom is -0.396 e. The van der Waals surface area contributed by atoms with E-state index in [0.29, 0.717) is 0 Å². The van der Waals surface area contributed by atoms with Gasteiger partial charge in [-0.15, -0.1) is 10.2 Å². The molecule has 0 atom stereocenters. The first-order valence-corrected chi connectivity index (χ1v) is 7.41. The van der Waals surface area contributed by atoms with E-state index in [9.17, 15) is 0 Å². The molecule has 0 aliphatic rings. The van der Waals surface area contributed by atoms with Crippen LogP contribution >= 0.6 is 11.8 Å². The van der Waals surface area contributed by atoms with Crippen LogP contribution in [-0.2, 0) is 7.05 Å². The van der Waals surface area contributed by atoms with E-state index in [4.69, 9.17) is 5.11 Å². The van der Waals surface area contributed by atoms with Crippen LogP contribution in [0.15, 0.2) is 29.4 Å². The van der Waals surface area contributed by atoms with E-state index in [1.165, 1.54) is 5.56 Å². The summed E-state index contributed by atoms with van der Waals surface area (Å²) in [4.78, 5) is 0. The molecule has 0 amide bonds. The first-order valence-electron chi connectivity index (χ1n) is 6.42. The smallest absolute Gasteiger partial charge is 0.191 e. The van der Waals surface area contributed by atoms with Crippen molar-refractivity contribution < 1.29 is 5.11 Å². The van der Waals surface area contributed by atoms with E-state index >= 15 is 0 Å². The zero-order chi connectivity index (χ0) is 13.7. The predicted molar refractivity (Wildman–Crippen MR) is 78.2 cm³/mol. The number of unbranched alkanes of at least 4 members (excludes halogenated alkanes) is 1. The van der Waals surface area contributed by atoms with Crippen molar-refractivity contribution in [3.05, 3.63) is 29.8 Å². The van der Waals surface area contributed by atoms with Crippen LogP contribution in [0, 0.1) is 6.92 Å². The molecule has 0 unspecified atom stereocenters. The van der Waals surface area contributed by atoms with E-state index in [-0.39, 0.29) is 6.61 Å². The maximum Gasteiger partial charge on any atom is 0.191 e. The van der Waals surface area contributed by atoms with Gasteiger partial charge in [-0.1, -0.05) is 35.5 Å². The fourth-order valence-corrected chi connectivity index (χ4v) is 2.76. The molecule has 0 aliphatic heterocycles. The Hall–Kier alpha value is -1.33. The third kappa shape index (κ3) is 3.58. The van der Waals surface area contributed by atoms with E-state index < -0.39 is 0 Å². The van der Waals surface area contributed by atoms with Gasteiger partial charge in [0, 0.05) is 25.0 Å². The van der Waals surface area contributed by atoms with Gasteiger partial charge in [0.05, 0.1) is 0 Å². The van der Waals surface area contributed by atoms with Gasteiger partial charge in [0.15, 0.2) is 11.0 Å². The SMILES string of the molecule is Cc1cccc(-c2nnc(SCCCCO)n2C)c1. The summed E-state index contributed by atoms with van der Waals surface area (Å²) in [5.41, 5.74) is 2.31. The van der Waals surface area contributed by atoms with Crippen LogP contribution in [0.1, 0.15) is 18.4 Å². The number of aromatic nitrogens is 3. The summed E-state index contributed by atoms with van der Waals surface area (Å²) in [6.45, 7) is 2.33. The molecular formula is C14H19N3OS. The molecule has 2 rings (SSSR count). The number of benzene rings is 1. The average Bonchev–Trinajstić information content (AvgIpc) is 2.76. The van der Waals surface area contributed by atoms with Crippen LogP contribution in [-0.4, -0.2) is 32.2 Å². The maximum atomic E-state index is 8.75. The van der Waals surface area contributed by atoms with Gasteiger partial charge >= 0.3 is 0 Å². The van der Waals surface area contributed by atoms with Crippen LogP contribution in [0.4, 0.5) is 0 Å². The standard InChI is InChI=1S/C14H19N3OS/c1-11-6-5-7-12(10-11)13-15-16-14(17(13)2)19-9-4-3-8-18/h5-7,10,18H,3-4,8-9H2,1-2H3. The number of aryl methyl sites for hydroxylation is 1. The summed E-state index contributed by atoms with van der Waals surface area (Å²) in [7, 11) is 1.99. The van der Waals surface area contributed by atoms with Crippen LogP contribution in [0.5, 0.6) is 0 Å². The Morgan fingerprint density at radius 3 is 2.84 bits per heavy atom. The second-order valence-corrected chi connectivity index (χ2v) is 5.58. The maximum absolute atomic E-state index is 8.75. The molecule has 0 spiro atoms. The molecule has 0 bridgehead atoms. The van der Waals surface area contributed by atoms with Crippen molar-refractivity contribution in [2.45, 2.75) is 24.9 Å². The minimum absolute atomic E-state index is 0.258. The average molecular weight is 277 g/mol. The number of aliphatic hydroxyl groups excluding tert-OH is 1. The summed E-state index contributed by atoms with van der Waals surface area (Å²) in [5.74, 6) is 1.86. The van der Waals surface area contributed by atoms with Crippen molar-refractivity contribution in [2.24, 2.45) is 7.05 Å². The summed E-state index contributed by atoms with van der Waals surface area (Å²) in [6, 6.07) is 8.28. The molecule has 0 saturated carbocycles. The van der Waals surface area contributed by atoms with Crippen LogP contribution < -0.4 is 0 Å². The number of rotatable bonds is 6. The van der Waals surface area contributed by atoms with Gasteiger partial charge in [-0.05, 0) is 25.8 Å². The Labute approximate surface area is 117 Å². The van der Waals surface area contributed by atoms with Crippen molar-refractivity contribution in [1.82, 2.24) is 14.8 Å². The number of thioether (sulfide) groups is 1. The van der Waals surface area contributed by atoms with Crippen molar-refractivity contribution in [1.29, 1.82) is 0 Å². The second-order valence-electron chi connectivity index (χ2n) is 4.51. The monoisotopic (exact) mass is 277 g/mol. The van der Waals surface area contributed by atoms with Gasteiger partial charge in [-0.3, -0.25) is 0 Å². The zero-order valence-electron chi connectivity index (χ0n) is 11.3. The highest BCUT2D eigenvalue weighted by Crippen LogP contribution is 2.23. The van der Waals surface area contributed by atoms with E-state index in [1.54, 1.807) is 11.8 Å². The second kappa shape index (κ2) is 6.73. The molecular weight excluding hydrogens is 258 g/mol. The third-order valence-electron chi connectivity index (χ3n) is 2.89. The highest BCUT2D eigenvalue weighted by Gasteiger charge is 2.10. The first-order chi connectivity index (χ1) is 9.22.